The SMILES string of the molecule is CC(C)(C)Oc1ccc2nc(N)n[n+]([O-])c2c1. The molecule has 0 aliphatic heterocycles. The molecular formula is C11H14N4O2. The van der Waals surface area contributed by atoms with E-state index >= 15 is 0 Å². The quantitative estimate of drug-likeness (QED) is 0.588. The number of hydrogen-bond donors (Lipinski definition) is 1. The van der Waals surface area contributed by atoms with Gasteiger partial charge in [0.2, 0.25) is 0 Å². The average Bonchev–Trinajstić information content (AvgIpc) is 2.16. The summed E-state index contributed by atoms with van der Waals surface area (Å²) in [5, 5.41) is 15.1. The first-order valence-electron chi connectivity index (χ1n) is 5.21. The highest BCUT2D eigenvalue weighted by Crippen LogP contribution is 2.21. The summed E-state index contributed by atoms with van der Waals surface area (Å²) in [7, 11) is 0. The lowest BCUT2D eigenvalue weighted by Gasteiger charge is -2.20. The van der Waals surface area contributed by atoms with Crippen molar-refractivity contribution in [2.75, 3.05) is 5.73 Å². The third-order valence-corrected chi connectivity index (χ3v) is 2.01. The van der Waals surface area contributed by atoms with Gasteiger partial charge < -0.3 is 15.7 Å². The van der Waals surface area contributed by atoms with E-state index in [0.29, 0.717) is 21.6 Å². The van der Waals surface area contributed by atoms with E-state index in [9.17, 15) is 5.21 Å². The molecule has 0 amide bonds. The topological polar surface area (TPSA) is 88.0 Å². The van der Waals surface area contributed by atoms with Crippen molar-refractivity contribution in [2.45, 2.75) is 26.4 Å². The van der Waals surface area contributed by atoms with Gasteiger partial charge in [0, 0.05) is 0 Å². The Balaban J connectivity index is 2.51. The smallest absolute Gasteiger partial charge is 0.288 e. The van der Waals surface area contributed by atoms with Gasteiger partial charge in [-0.3, -0.25) is 0 Å². The number of anilines is 1. The van der Waals surface area contributed by atoms with Gasteiger partial charge in [0.1, 0.15) is 16.9 Å². The Labute approximate surface area is 98.6 Å². The van der Waals surface area contributed by atoms with Gasteiger partial charge in [-0.25, -0.2) is 4.98 Å². The molecule has 0 spiro atoms. The molecule has 6 heteroatoms. The first-order valence-corrected chi connectivity index (χ1v) is 5.21. The fraction of sp³-hybridized carbons (Fsp3) is 0.364. The van der Waals surface area contributed by atoms with Gasteiger partial charge in [0.25, 0.3) is 11.5 Å². The zero-order chi connectivity index (χ0) is 12.6. The van der Waals surface area contributed by atoms with Gasteiger partial charge >= 0.3 is 0 Å². The van der Waals surface area contributed by atoms with Crippen molar-refractivity contribution in [3.63, 3.8) is 0 Å². The molecule has 17 heavy (non-hydrogen) atoms. The lowest BCUT2D eigenvalue weighted by molar-refractivity contribution is -0.641. The Kier molecular flexibility index (Phi) is 2.49. The summed E-state index contributed by atoms with van der Waals surface area (Å²) in [5.74, 6) is 0.556. The molecule has 2 rings (SSSR count). The molecule has 2 aromatic rings. The Hall–Kier alpha value is -2.11. The van der Waals surface area contributed by atoms with E-state index in [1.165, 1.54) is 0 Å². The van der Waals surface area contributed by atoms with E-state index in [1.54, 1.807) is 18.2 Å². The van der Waals surface area contributed by atoms with Crippen LogP contribution in [0.1, 0.15) is 20.8 Å². The standard InChI is InChI=1S/C11H14N4O2/c1-11(2,3)17-7-4-5-8-9(6-7)15(16)14-10(12)13-8/h4-6H,1-3H3,(H2,12,13,14). The van der Waals surface area contributed by atoms with Gasteiger partial charge in [0.05, 0.1) is 11.2 Å². The zero-order valence-corrected chi connectivity index (χ0v) is 9.97. The minimum Gasteiger partial charge on any atom is -0.594 e. The van der Waals surface area contributed by atoms with Crippen molar-refractivity contribution in [2.24, 2.45) is 0 Å². The number of nitrogens with zero attached hydrogens (tertiary/aromatic N) is 3. The van der Waals surface area contributed by atoms with Crippen molar-refractivity contribution in [1.29, 1.82) is 0 Å². The second-order valence-corrected chi connectivity index (χ2v) is 4.71. The van der Waals surface area contributed by atoms with Crippen molar-refractivity contribution < 1.29 is 9.58 Å². The number of ether oxygens (including phenoxy) is 1. The molecule has 90 valence electrons. The van der Waals surface area contributed by atoms with E-state index < -0.39 is 0 Å². The Morgan fingerprint density at radius 2 is 2.06 bits per heavy atom. The summed E-state index contributed by atoms with van der Waals surface area (Å²) in [6, 6.07) is 5.04. The highest BCUT2D eigenvalue weighted by Gasteiger charge is 2.15. The largest absolute Gasteiger partial charge is 0.594 e. The molecule has 1 aromatic carbocycles. The third kappa shape index (κ3) is 2.52. The van der Waals surface area contributed by atoms with E-state index in [0.717, 1.165) is 0 Å². The maximum atomic E-state index is 11.5. The van der Waals surface area contributed by atoms with E-state index in [-0.39, 0.29) is 11.5 Å². The molecule has 0 aliphatic rings. The maximum Gasteiger partial charge on any atom is 0.288 e. The summed E-state index contributed by atoms with van der Waals surface area (Å²) in [6.45, 7) is 5.80. The minimum atomic E-state index is -0.323. The summed E-state index contributed by atoms with van der Waals surface area (Å²) in [5.41, 5.74) is 5.90. The van der Waals surface area contributed by atoms with Crippen LogP contribution in [0.2, 0.25) is 0 Å². The molecule has 1 heterocycles. The van der Waals surface area contributed by atoms with Crippen LogP contribution in [0, 0.1) is 5.21 Å². The fourth-order valence-electron chi connectivity index (χ4n) is 1.46. The number of aromatic nitrogens is 3. The van der Waals surface area contributed by atoms with Crippen LogP contribution in [0.3, 0.4) is 0 Å². The van der Waals surface area contributed by atoms with Crippen LogP contribution >= 0.6 is 0 Å². The highest BCUT2D eigenvalue weighted by atomic mass is 16.5. The van der Waals surface area contributed by atoms with E-state index in [4.69, 9.17) is 10.5 Å². The molecule has 0 aliphatic carbocycles. The molecular weight excluding hydrogens is 220 g/mol. The highest BCUT2D eigenvalue weighted by molar-refractivity contribution is 5.73. The Morgan fingerprint density at radius 1 is 1.35 bits per heavy atom. The first-order chi connectivity index (χ1) is 7.85. The molecule has 0 unspecified atom stereocenters. The van der Waals surface area contributed by atoms with Crippen LogP contribution in [0.15, 0.2) is 18.2 Å². The Bertz CT molecular complexity index is 563. The lowest BCUT2D eigenvalue weighted by Crippen LogP contribution is -2.33. The van der Waals surface area contributed by atoms with Crippen LogP contribution in [-0.2, 0) is 0 Å². The maximum absolute atomic E-state index is 11.5. The van der Waals surface area contributed by atoms with Crippen LogP contribution in [0.5, 0.6) is 5.75 Å². The van der Waals surface area contributed by atoms with Gasteiger partial charge in [0.15, 0.2) is 0 Å². The van der Waals surface area contributed by atoms with Crippen LogP contribution in [0.25, 0.3) is 11.0 Å². The van der Waals surface area contributed by atoms with Crippen LogP contribution in [-0.4, -0.2) is 15.7 Å². The predicted molar refractivity (Wildman–Crippen MR) is 63.3 cm³/mol. The zero-order valence-electron chi connectivity index (χ0n) is 9.97. The van der Waals surface area contributed by atoms with Crippen LogP contribution in [0.4, 0.5) is 5.95 Å². The van der Waals surface area contributed by atoms with Gasteiger partial charge in [-0.05, 0) is 37.7 Å². The number of nitrogen functional groups attached to an aromatic ring is 1. The Morgan fingerprint density at radius 3 is 2.71 bits per heavy atom. The monoisotopic (exact) mass is 234 g/mol. The summed E-state index contributed by atoms with van der Waals surface area (Å²) >= 11 is 0. The number of benzene rings is 1. The molecule has 0 radical (unpaired) electrons. The molecule has 0 saturated heterocycles. The molecule has 0 fully saturated rings. The number of nitrogens with two attached hydrogens (primary N) is 1. The molecule has 0 saturated carbocycles. The number of rotatable bonds is 1. The normalized spacial score (nSPS) is 11.7. The molecule has 6 nitrogen and oxygen atoms in total. The molecule has 0 bridgehead atoms. The minimum absolute atomic E-state index is 0.0445. The summed E-state index contributed by atoms with van der Waals surface area (Å²) in [4.78, 5) is 4.42. The van der Waals surface area contributed by atoms with Gasteiger partial charge in [-0.1, -0.05) is 0 Å². The average molecular weight is 234 g/mol. The first kappa shape index (κ1) is 11.4. The fourth-order valence-corrected chi connectivity index (χ4v) is 1.46. The summed E-state index contributed by atoms with van der Waals surface area (Å²) < 4.78 is 5.66. The van der Waals surface area contributed by atoms with Crippen molar-refractivity contribution in [3.8, 4) is 5.75 Å². The van der Waals surface area contributed by atoms with Crippen molar-refractivity contribution in [1.82, 2.24) is 10.1 Å². The van der Waals surface area contributed by atoms with Crippen molar-refractivity contribution in [3.05, 3.63) is 23.4 Å². The summed E-state index contributed by atoms with van der Waals surface area (Å²) in [6.07, 6.45) is 0. The molecule has 1 aromatic heterocycles. The van der Waals surface area contributed by atoms with Crippen LogP contribution < -0.4 is 15.3 Å². The van der Waals surface area contributed by atoms with E-state index in [2.05, 4.69) is 10.1 Å². The van der Waals surface area contributed by atoms with E-state index in [1.807, 2.05) is 20.8 Å². The second-order valence-electron chi connectivity index (χ2n) is 4.71. The molecule has 2 N–H and O–H groups in total. The predicted octanol–water partition coefficient (Wildman–Crippen LogP) is 1.02. The third-order valence-electron chi connectivity index (χ3n) is 2.01. The number of hydrogen-bond acceptors (Lipinski definition) is 5. The van der Waals surface area contributed by atoms with Gasteiger partial charge in [-0.2, -0.15) is 0 Å². The lowest BCUT2D eigenvalue weighted by atomic mass is 10.2. The van der Waals surface area contributed by atoms with Gasteiger partial charge in [-0.15, -0.1) is 0 Å². The molecule has 0 atom stereocenters. The number of fused-ring (bicyclic) bond motifs is 1. The second kappa shape index (κ2) is 3.73. The van der Waals surface area contributed by atoms with Crippen molar-refractivity contribution >= 4 is 17.0 Å².